The van der Waals surface area contributed by atoms with Crippen LogP contribution in [0.1, 0.15) is 11.1 Å². The third kappa shape index (κ3) is 2.76. The molecule has 0 aliphatic heterocycles. The van der Waals surface area contributed by atoms with Gasteiger partial charge >= 0.3 is 0 Å². The van der Waals surface area contributed by atoms with E-state index in [9.17, 15) is 0 Å². The SMILES string of the molecule is CN(C(=N)Nc1ccc2cccc3c2c1C=C3)c1ccc(Cl)c(Cl)c1. The van der Waals surface area contributed by atoms with E-state index in [0.29, 0.717) is 10.0 Å². The van der Waals surface area contributed by atoms with Crippen LogP contribution in [0.25, 0.3) is 22.9 Å². The van der Waals surface area contributed by atoms with Gasteiger partial charge in [-0.1, -0.05) is 59.6 Å². The molecule has 5 heteroatoms. The summed E-state index contributed by atoms with van der Waals surface area (Å²) in [6.07, 6.45) is 4.20. The van der Waals surface area contributed by atoms with Gasteiger partial charge in [0, 0.05) is 24.0 Å². The van der Waals surface area contributed by atoms with Gasteiger partial charge in [-0.15, -0.1) is 0 Å². The van der Waals surface area contributed by atoms with Gasteiger partial charge in [-0.3, -0.25) is 5.41 Å². The van der Waals surface area contributed by atoms with Gasteiger partial charge in [-0.25, -0.2) is 0 Å². The normalized spacial score (nSPS) is 11.8. The monoisotopic (exact) mass is 367 g/mol. The number of hydrogen-bond acceptors (Lipinski definition) is 1. The molecular formula is C20H15Cl2N3. The number of anilines is 2. The molecule has 0 heterocycles. The molecule has 2 N–H and O–H groups in total. The van der Waals surface area contributed by atoms with Gasteiger partial charge in [0.05, 0.1) is 10.0 Å². The summed E-state index contributed by atoms with van der Waals surface area (Å²) < 4.78 is 0. The lowest BCUT2D eigenvalue weighted by atomic mass is 10.0. The predicted molar refractivity (Wildman–Crippen MR) is 109 cm³/mol. The lowest BCUT2D eigenvalue weighted by Gasteiger charge is -2.22. The van der Waals surface area contributed by atoms with Crippen molar-refractivity contribution in [2.45, 2.75) is 0 Å². The molecular weight excluding hydrogens is 353 g/mol. The maximum absolute atomic E-state index is 8.41. The van der Waals surface area contributed by atoms with Gasteiger partial charge in [0.25, 0.3) is 0 Å². The molecule has 3 aromatic rings. The van der Waals surface area contributed by atoms with Crippen LogP contribution in [0.5, 0.6) is 0 Å². The van der Waals surface area contributed by atoms with E-state index in [4.69, 9.17) is 28.6 Å². The summed E-state index contributed by atoms with van der Waals surface area (Å²) in [5.41, 5.74) is 4.02. The van der Waals surface area contributed by atoms with E-state index >= 15 is 0 Å². The summed E-state index contributed by atoms with van der Waals surface area (Å²) in [6.45, 7) is 0. The third-order valence-corrected chi connectivity index (χ3v) is 5.17. The zero-order chi connectivity index (χ0) is 17.6. The van der Waals surface area contributed by atoms with Crippen LogP contribution in [-0.4, -0.2) is 13.0 Å². The van der Waals surface area contributed by atoms with Crippen LogP contribution in [0.4, 0.5) is 11.4 Å². The van der Waals surface area contributed by atoms with Crippen LogP contribution < -0.4 is 10.2 Å². The summed E-state index contributed by atoms with van der Waals surface area (Å²) >= 11 is 12.1. The van der Waals surface area contributed by atoms with Crippen molar-refractivity contribution in [2.24, 2.45) is 0 Å². The highest BCUT2D eigenvalue weighted by atomic mass is 35.5. The molecule has 25 heavy (non-hydrogen) atoms. The highest BCUT2D eigenvalue weighted by molar-refractivity contribution is 6.42. The Morgan fingerprint density at radius 1 is 1.00 bits per heavy atom. The van der Waals surface area contributed by atoms with Crippen LogP contribution in [0.2, 0.25) is 10.0 Å². The molecule has 3 nitrogen and oxygen atoms in total. The number of hydrogen-bond donors (Lipinski definition) is 2. The molecule has 4 rings (SSSR count). The molecule has 3 aromatic carbocycles. The summed E-state index contributed by atoms with van der Waals surface area (Å²) in [5.74, 6) is 0.256. The molecule has 0 unspecified atom stereocenters. The zero-order valence-corrected chi connectivity index (χ0v) is 15.0. The second kappa shape index (κ2) is 6.10. The second-order valence-electron chi connectivity index (χ2n) is 5.94. The Hall–Kier alpha value is -2.49. The molecule has 1 aliphatic rings. The van der Waals surface area contributed by atoms with Gasteiger partial charge in [0.2, 0.25) is 0 Å². The summed E-state index contributed by atoms with van der Waals surface area (Å²) in [4.78, 5) is 1.73. The first kappa shape index (κ1) is 16.0. The minimum Gasteiger partial charge on any atom is -0.326 e. The Labute approximate surface area is 156 Å². The minimum absolute atomic E-state index is 0.256. The van der Waals surface area contributed by atoms with Crippen molar-refractivity contribution < 1.29 is 0 Å². The van der Waals surface area contributed by atoms with Crippen LogP contribution in [0, 0.1) is 5.41 Å². The lowest BCUT2D eigenvalue weighted by molar-refractivity contribution is 1.21. The van der Waals surface area contributed by atoms with Gasteiger partial charge in [-0.05, 0) is 40.6 Å². The number of nitrogens with zero attached hydrogens (tertiary/aromatic N) is 1. The number of nitrogens with one attached hydrogen (secondary N) is 2. The van der Waals surface area contributed by atoms with Crippen molar-refractivity contribution in [3.8, 4) is 0 Å². The van der Waals surface area contributed by atoms with Crippen molar-refractivity contribution in [1.29, 1.82) is 5.41 Å². The molecule has 0 atom stereocenters. The number of benzene rings is 3. The second-order valence-corrected chi connectivity index (χ2v) is 6.75. The number of rotatable bonds is 2. The molecule has 1 aliphatic carbocycles. The predicted octanol–water partition coefficient (Wildman–Crippen LogP) is 6.11. The molecule has 0 radical (unpaired) electrons. The largest absolute Gasteiger partial charge is 0.326 e. The van der Waals surface area contributed by atoms with E-state index in [1.807, 2.05) is 19.2 Å². The maximum atomic E-state index is 8.41. The number of guanidine groups is 1. The Morgan fingerprint density at radius 2 is 1.84 bits per heavy atom. The fraction of sp³-hybridized carbons (Fsp3) is 0.0500. The summed E-state index contributed by atoms with van der Waals surface area (Å²) in [6, 6.07) is 15.7. The summed E-state index contributed by atoms with van der Waals surface area (Å²) in [7, 11) is 1.82. The molecule has 124 valence electrons. The van der Waals surface area contributed by atoms with Crippen LogP contribution in [0.15, 0.2) is 48.5 Å². The Morgan fingerprint density at radius 3 is 2.64 bits per heavy atom. The van der Waals surface area contributed by atoms with Crippen molar-refractivity contribution >= 4 is 63.5 Å². The Kier molecular flexibility index (Phi) is 3.91. The molecule has 0 fully saturated rings. The topological polar surface area (TPSA) is 39.1 Å². The number of halogens is 2. The van der Waals surface area contributed by atoms with Crippen molar-refractivity contribution in [3.63, 3.8) is 0 Å². The molecule has 0 spiro atoms. The standard InChI is InChI=1S/C20H15Cl2N3/c1-25(14-7-9-16(21)17(22)11-14)20(23)24-18-10-6-13-4-2-3-12-5-8-15(18)19(12)13/h2-11H,1H3,(H2,23,24). The highest BCUT2D eigenvalue weighted by Crippen LogP contribution is 2.36. The zero-order valence-electron chi connectivity index (χ0n) is 13.5. The Balaban J connectivity index is 1.65. The molecule has 0 bridgehead atoms. The fourth-order valence-electron chi connectivity index (χ4n) is 3.06. The van der Waals surface area contributed by atoms with E-state index in [1.54, 1.807) is 17.0 Å². The Bertz CT molecular complexity index is 1040. The van der Waals surface area contributed by atoms with Crippen LogP contribution in [0.3, 0.4) is 0 Å². The van der Waals surface area contributed by atoms with E-state index in [1.165, 1.54) is 16.3 Å². The van der Waals surface area contributed by atoms with Gasteiger partial charge in [-0.2, -0.15) is 0 Å². The van der Waals surface area contributed by atoms with E-state index in [0.717, 1.165) is 16.9 Å². The fourth-order valence-corrected chi connectivity index (χ4v) is 3.36. The molecule has 0 aromatic heterocycles. The first-order valence-electron chi connectivity index (χ1n) is 7.83. The van der Waals surface area contributed by atoms with Gasteiger partial charge in [0.15, 0.2) is 5.96 Å². The summed E-state index contributed by atoms with van der Waals surface area (Å²) in [5, 5.41) is 15.0. The van der Waals surface area contributed by atoms with E-state index in [2.05, 4.69) is 41.7 Å². The van der Waals surface area contributed by atoms with Gasteiger partial charge < -0.3 is 10.2 Å². The van der Waals surface area contributed by atoms with Crippen molar-refractivity contribution in [3.05, 3.63) is 69.7 Å². The van der Waals surface area contributed by atoms with E-state index < -0.39 is 0 Å². The van der Waals surface area contributed by atoms with E-state index in [-0.39, 0.29) is 5.96 Å². The smallest absolute Gasteiger partial charge is 0.199 e. The van der Waals surface area contributed by atoms with Gasteiger partial charge in [0.1, 0.15) is 0 Å². The maximum Gasteiger partial charge on any atom is 0.199 e. The molecule has 0 saturated carbocycles. The first-order valence-corrected chi connectivity index (χ1v) is 8.58. The van der Waals surface area contributed by atoms with Crippen molar-refractivity contribution in [2.75, 3.05) is 17.3 Å². The average molecular weight is 368 g/mol. The van der Waals surface area contributed by atoms with Crippen molar-refractivity contribution in [1.82, 2.24) is 0 Å². The third-order valence-electron chi connectivity index (χ3n) is 4.43. The minimum atomic E-state index is 0.256. The average Bonchev–Trinajstić information content (AvgIpc) is 3.05. The van der Waals surface area contributed by atoms with Crippen LogP contribution in [-0.2, 0) is 0 Å². The molecule has 0 saturated heterocycles. The van der Waals surface area contributed by atoms with Crippen LogP contribution >= 0.6 is 23.2 Å². The quantitative estimate of drug-likeness (QED) is 0.331. The first-order chi connectivity index (χ1) is 12.0. The lowest BCUT2D eigenvalue weighted by Crippen LogP contribution is -2.32. The highest BCUT2D eigenvalue weighted by Gasteiger charge is 2.15. The molecule has 0 amide bonds.